The normalized spacial score (nSPS) is 19.6. The molecule has 0 aromatic heterocycles. The summed E-state index contributed by atoms with van der Waals surface area (Å²) in [5.74, 6) is -1.01. The van der Waals surface area contributed by atoms with Gasteiger partial charge >= 0.3 is 12.0 Å². The molecule has 0 bridgehead atoms. The summed E-state index contributed by atoms with van der Waals surface area (Å²) in [5.41, 5.74) is -0.528. The smallest absolute Gasteiger partial charge is 0.326 e. The lowest BCUT2D eigenvalue weighted by molar-refractivity contribution is -0.141. The van der Waals surface area contributed by atoms with Crippen LogP contribution in [0.5, 0.6) is 0 Å². The maximum absolute atomic E-state index is 12.0. The van der Waals surface area contributed by atoms with E-state index >= 15 is 0 Å². The van der Waals surface area contributed by atoms with E-state index in [1.807, 2.05) is 6.92 Å². The Balaban J connectivity index is 2.42. The monoisotopic (exact) mass is 299 g/mol. The lowest BCUT2D eigenvalue weighted by Crippen LogP contribution is -2.55. The molecule has 0 spiro atoms. The van der Waals surface area contributed by atoms with Gasteiger partial charge in [-0.3, -0.25) is 0 Å². The summed E-state index contributed by atoms with van der Waals surface area (Å²) in [7, 11) is 0. The zero-order chi connectivity index (χ0) is 16.0. The molecule has 0 radical (unpaired) electrons. The van der Waals surface area contributed by atoms with E-state index in [4.69, 9.17) is 0 Å². The van der Waals surface area contributed by atoms with Gasteiger partial charge in [-0.2, -0.15) is 0 Å². The summed E-state index contributed by atoms with van der Waals surface area (Å²) < 4.78 is 0. The zero-order valence-electron chi connectivity index (χ0n) is 13.6. The molecule has 1 fully saturated rings. The second-order valence-electron chi connectivity index (χ2n) is 7.02. The van der Waals surface area contributed by atoms with Crippen molar-refractivity contribution < 1.29 is 14.7 Å². The van der Waals surface area contributed by atoms with Crippen LogP contribution in [-0.4, -0.2) is 53.7 Å². The maximum atomic E-state index is 12.0. The molecular formula is C15H29N3O3. The van der Waals surface area contributed by atoms with Crippen molar-refractivity contribution in [1.29, 1.82) is 0 Å². The molecule has 2 unspecified atom stereocenters. The first kappa shape index (κ1) is 17.8. The van der Waals surface area contributed by atoms with E-state index in [1.165, 1.54) is 19.3 Å². The molecule has 1 aliphatic rings. The van der Waals surface area contributed by atoms with Crippen molar-refractivity contribution in [2.45, 2.75) is 59.0 Å². The van der Waals surface area contributed by atoms with E-state index in [2.05, 4.69) is 15.5 Å². The van der Waals surface area contributed by atoms with Crippen LogP contribution in [0.15, 0.2) is 0 Å². The first-order valence-electron chi connectivity index (χ1n) is 7.72. The Kier molecular flexibility index (Phi) is 6.45. The molecule has 6 heteroatoms. The van der Waals surface area contributed by atoms with Crippen molar-refractivity contribution in [2.75, 3.05) is 19.6 Å². The van der Waals surface area contributed by atoms with E-state index in [-0.39, 0.29) is 6.04 Å². The number of rotatable bonds is 5. The molecular weight excluding hydrogens is 270 g/mol. The number of nitrogens with one attached hydrogen (secondary N) is 2. The first-order chi connectivity index (χ1) is 9.70. The van der Waals surface area contributed by atoms with E-state index in [0.29, 0.717) is 0 Å². The molecule has 3 N–H and O–H groups in total. The molecule has 1 rings (SSSR count). The zero-order valence-corrected chi connectivity index (χ0v) is 13.6. The summed E-state index contributed by atoms with van der Waals surface area (Å²) >= 11 is 0. The number of carbonyl (C=O) groups is 2. The number of piperidine rings is 1. The molecule has 21 heavy (non-hydrogen) atoms. The average Bonchev–Trinajstić information content (AvgIpc) is 2.35. The average molecular weight is 299 g/mol. The molecule has 0 aromatic carbocycles. The number of carboxylic acid groups (broad SMARTS) is 1. The van der Waals surface area contributed by atoms with E-state index < -0.39 is 23.5 Å². The number of nitrogens with zero attached hydrogens (tertiary/aromatic N) is 1. The van der Waals surface area contributed by atoms with Crippen molar-refractivity contribution in [2.24, 2.45) is 5.41 Å². The molecule has 122 valence electrons. The highest BCUT2D eigenvalue weighted by molar-refractivity contribution is 5.83. The number of amides is 2. The summed E-state index contributed by atoms with van der Waals surface area (Å²) in [6.45, 7) is 10.3. The lowest BCUT2D eigenvalue weighted by Gasteiger charge is -2.31. The molecule has 2 amide bonds. The Bertz CT molecular complexity index is 360. The summed E-state index contributed by atoms with van der Waals surface area (Å²) in [6, 6.07) is -1.32. The Morgan fingerprint density at radius 3 is 2.19 bits per heavy atom. The minimum atomic E-state index is -1.01. The molecule has 0 saturated carbocycles. The van der Waals surface area contributed by atoms with Crippen LogP contribution in [0.1, 0.15) is 47.0 Å². The molecule has 6 nitrogen and oxygen atoms in total. The van der Waals surface area contributed by atoms with Gasteiger partial charge in [-0.1, -0.05) is 27.2 Å². The highest BCUT2D eigenvalue weighted by atomic mass is 16.4. The van der Waals surface area contributed by atoms with Crippen molar-refractivity contribution in [3.63, 3.8) is 0 Å². The lowest BCUT2D eigenvalue weighted by atomic mass is 9.87. The van der Waals surface area contributed by atoms with E-state index in [0.717, 1.165) is 19.6 Å². The number of urea groups is 1. The van der Waals surface area contributed by atoms with Crippen LogP contribution in [0, 0.1) is 5.41 Å². The van der Waals surface area contributed by atoms with Crippen molar-refractivity contribution in [3.05, 3.63) is 0 Å². The summed E-state index contributed by atoms with van der Waals surface area (Å²) in [4.78, 5) is 25.5. The maximum Gasteiger partial charge on any atom is 0.326 e. The molecule has 1 saturated heterocycles. The predicted molar refractivity (Wildman–Crippen MR) is 82.3 cm³/mol. The quantitative estimate of drug-likeness (QED) is 0.721. The molecule has 0 aliphatic carbocycles. The van der Waals surface area contributed by atoms with Gasteiger partial charge in [0.2, 0.25) is 0 Å². The van der Waals surface area contributed by atoms with Crippen molar-refractivity contribution in [3.8, 4) is 0 Å². The van der Waals surface area contributed by atoms with Crippen LogP contribution in [0.25, 0.3) is 0 Å². The third kappa shape index (κ3) is 6.33. The fourth-order valence-electron chi connectivity index (χ4n) is 2.62. The van der Waals surface area contributed by atoms with Crippen molar-refractivity contribution in [1.82, 2.24) is 15.5 Å². The van der Waals surface area contributed by atoms with Gasteiger partial charge in [0, 0.05) is 12.6 Å². The van der Waals surface area contributed by atoms with Crippen LogP contribution in [-0.2, 0) is 4.79 Å². The fourth-order valence-corrected chi connectivity index (χ4v) is 2.62. The summed E-state index contributed by atoms with van der Waals surface area (Å²) in [6.07, 6.45) is 3.71. The molecule has 1 aliphatic heterocycles. The number of aliphatic carboxylic acids is 1. The summed E-state index contributed by atoms with van der Waals surface area (Å²) in [5, 5.41) is 14.6. The molecule has 0 aromatic rings. The Morgan fingerprint density at radius 2 is 1.71 bits per heavy atom. The van der Waals surface area contributed by atoms with Crippen LogP contribution in [0.3, 0.4) is 0 Å². The van der Waals surface area contributed by atoms with Gasteiger partial charge in [0.05, 0.1) is 0 Å². The third-order valence-corrected chi connectivity index (χ3v) is 3.75. The van der Waals surface area contributed by atoms with Gasteiger partial charge in [-0.15, -0.1) is 0 Å². The van der Waals surface area contributed by atoms with E-state index in [1.54, 1.807) is 20.8 Å². The molecule has 1 heterocycles. The second kappa shape index (κ2) is 7.64. The van der Waals surface area contributed by atoms with E-state index in [9.17, 15) is 14.7 Å². The van der Waals surface area contributed by atoms with Crippen molar-refractivity contribution >= 4 is 12.0 Å². The van der Waals surface area contributed by atoms with Crippen LogP contribution < -0.4 is 10.6 Å². The fraction of sp³-hybridized carbons (Fsp3) is 0.867. The number of carbonyl (C=O) groups excluding carboxylic acids is 1. The van der Waals surface area contributed by atoms with Gasteiger partial charge in [-0.05, 0) is 38.3 Å². The predicted octanol–water partition coefficient (Wildman–Crippen LogP) is 1.66. The number of carboxylic acids is 1. The Morgan fingerprint density at radius 1 is 1.14 bits per heavy atom. The highest BCUT2D eigenvalue weighted by Crippen LogP contribution is 2.19. The van der Waals surface area contributed by atoms with Gasteiger partial charge in [0.1, 0.15) is 6.04 Å². The molecule has 2 atom stereocenters. The minimum Gasteiger partial charge on any atom is -0.480 e. The van der Waals surface area contributed by atoms with Crippen LogP contribution >= 0.6 is 0 Å². The second-order valence-corrected chi connectivity index (χ2v) is 7.02. The van der Waals surface area contributed by atoms with Gasteiger partial charge in [0.15, 0.2) is 0 Å². The van der Waals surface area contributed by atoms with Crippen LogP contribution in [0.2, 0.25) is 0 Å². The van der Waals surface area contributed by atoms with Gasteiger partial charge < -0.3 is 20.6 Å². The van der Waals surface area contributed by atoms with Gasteiger partial charge in [0.25, 0.3) is 0 Å². The number of hydrogen-bond donors (Lipinski definition) is 3. The Hall–Kier alpha value is -1.30. The number of hydrogen-bond acceptors (Lipinski definition) is 3. The van der Waals surface area contributed by atoms with Crippen LogP contribution in [0.4, 0.5) is 4.79 Å². The minimum absolute atomic E-state index is 0.00230. The number of likely N-dealkylation sites (tertiary alicyclic amines) is 1. The first-order valence-corrected chi connectivity index (χ1v) is 7.72. The van der Waals surface area contributed by atoms with Gasteiger partial charge in [-0.25, -0.2) is 9.59 Å². The highest BCUT2D eigenvalue weighted by Gasteiger charge is 2.32. The third-order valence-electron chi connectivity index (χ3n) is 3.75. The Labute approximate surface area is 127 Å². The largest absolute Gasteiger partial charge is 0.480 e. The topological polar surface area (TPSA) is 81.7 Å². The standard InChI is InChI=1S/C15H29N3O3/c1-11(10-18-8-6-5-7-9-18)16-14(21)17-12(13(19)20)15(2,3)4/h11-12H,5-10H2,1-4H3,(H,19,20)(H2,16,17,21). The SMILES string of the molecule is CC(CN1CCCCC1)NC(=O)NC(C(=O)O)C(C)(C)C.